The summed E-state index contributed by atoms with van der Waals surface area (Å²) in [6, 6.07) is 13.3. The fraction of sp³-hybridized carbons (Fsp3) is 0.136. The number of rotatable bonds is 3. The molecular weight excluding hydrogens is 434 g/mol. The molecule has 32 heavy (non-hydrogen) atoms. The van der Waals surface area contributed by atoms with Crippen LogP contribution in [0.3, 0.4) is 0 Å². The summed E-state index contributed by atoms with van der Waals surface area (Å²) in [7, 11) is 0. The van der Waals surface area contributed by atoms with Gasteiger partial charge in [-0.1, -0.05) is 36.4 Å². The molecule has 10 heteroatoms. The van der Waals surface area contributed by atoms with Crippen molar-refractivity contribution in [1.29, 1.82) is 0 Å². The Balaban J connectivity index is 1.92. The zero-order chi connectivity index (χ0) is 23.1. The number of aromatic nitrogens is 3. The summed E-state index contributed by atoms with van der Waals surface area (Å²) in [4.78, 5) is 12.3. The molecule has 0 atom stereocenters. The Morgan fingerprint density at radius 3 is 2.12 bits per heavy atom. The molecule has 0 saturated carbocycles. The van der Waals surface area contributed by atoms with Crippen molar-refractivity contribution >= 4 is 22.5 Å². The van der Waals surface area contributed by atoms with E-state index in [1.807, 2.05) is 0 Å². The van der Waals surface area contributed by atoms with Crippen LogP contribution >= 0.6 is 0 Å². The number of aryl methyl sites for hydroxylation is 1. The van der Waals surface area contributed by atoms with E-state index in [9.17, 15) is 26.3 Å². The van der Waals surface area contributed by atoms with Gasteiger partial charge in [-0.2, -0.15) is 26.3 Å². The number of anilines is 2. The zero-order valence-electron chi connectivity index (χ0n) is 16.4. The molecule has 164 valence electrons. The van der Waals surface area contributed by atoms with Gasteiger partial charge in [-0.3, -0.25) is 0 Å². The van der Waals surface area contributed by atoms with E-state index in [0.717, 1.165) is 24.3 Å². The molecule has 0 radical (unpaired) electrons. The van der Waals surface area contributed by atoms with Gasteiger partial charge in [-0.25, -0.2) is 15.0 Å². The number of alkyl halides is 6. The van der Waals surface area contributed by atoms with Crippen LogP contribution in [0.15, 0.2) is 60.7 Å². The third-order valence-corrected chi connectivity index (χ3v) is 4.61. The number of hydrogen-bond donors (Lipinski definition) is 1. The van der Waals surface area contributed by atoms with Gasteiger partial charge in [0.25, 0.3) is 0 Å². The van der Waals surface area contributed by atoms with Gasteiger partial charge in [0.15, 0.2) is 5.65 Å². The molecule has 2 aromatic carbocycles. The highest BCUT2D eigenvalue weighted by molar-refractivity contribution is 5.93. The number of nitrogens with one attached hydrogen (secondary N) is 1. The van der Waals surface area contributed by atoms with E-state index in [0.29, 0.717) is 5.56 Å². The summed E-state index contributed by atoms with van der Waals surface area (Å²) < 4.78 is 81.1. The predicted molar refractivity (Wildman–Crippen MR) is 107 cm³/mol. The molecule has 1 N–H and O–H groups in total. The highest BCUT2D eigenvalue weighted by atomic mass is 19.4. The number of fused-ring (bicyclic) bond motifs is 1. The van der Waals surface area contributed by atoms with E-state index in [1.165, 1.54) is 13.0 Å². The fourth-order valence-electron chi connectivity index (χ4n) is 3.22. The van der Waals surface area contributed by atoms with E-state index in [-0.39, 0.29) is 28.7 Å². The van der Waals surface area contributed by atoms with Crippen LogP contribution in [0, 0.1) is 6.92 Å². The Kier molecular flexibility index (Phi) is 5.23. The van der Waals surface area contributed by atoms with Gasteiger partial charge in [0.2, 0.25) is 0 Å². The lowest BCUT2D eigenvalue weighted by Gasteiger charge is -2.16. The molecule has 0 saturated heterocycles. The molecule has 2 heterocycles. The summed E-state index contributed by atoms with van der Waals surface area (Å²) >= 11 is 0. The molecule has 4 aromatic rings. The van der Waals surface area contributed by atoms with Crippen molar-refractivity contribution in [2.24, 2.45) is 0 Å². The maximum absolute atomic E-state index is 14.0. The van der Waals surface area contributed by atoms with Crippen LogP contribution in [0.4, 0.5) is 37.8 Å². The number of halogens is 6. The largest absolute Gasteiger partial charge is 0.417 e. The SMILES string of the molecule is Cc1nc(Nc2cccc(C(F)(F)F)c2)c2c(C(F)(F)F)cc(-c3ccccc3)nc2n1. The van der Waals surface area contributed by atoms with E-state index < -0.39 is 28.9 Å². The maximum atomic E-state index is 14.0. The van der Waals surface area contributed by atoms with Crippen molar-refractivity contribution in [3.8, 4) is 11.3 Å². The van der Waals surface area contributed by atoms with Crippen LogP contribution in [-0.2, 0) is 12.4 Å². The Hall–Kier alpha value is -3.69. The Labute approximate surface area is 178 Å². The van der Waals surface area contributed by atoms with Crippen LogP contribution < -0.4 is 5.32 Å². The van der Waals surface area contributed by atoms with Gasteiger partial charge in [-0.05, 0) is 31.2 Å². The minimum absolute atomic E-state index is 0.0635. The Bertz CT molecular complexity index is 1280. The molecule has 0 aliphatic carbocycles. The average molecular weight is 448 g/mol. The fourth-order valence-corrected chi connectivity index (χ4v) is 3.22. The third-order valence-electron chi connectivity index (χ3n) is 4.61. The average Bonchev–Trinajstić information content (AvgIpc) is 2.72. The number of hydrogen-bond acceptors (Lipinski definition) is 4. The number of pyridine rings is 1. The Morgan fingerprint density at radius 1 is 0.750 bits per heavy atom. The zero-order valence-corrected chi connectivity index (χ0v) is 16.4. The smallest absolute Gasteiger partial charge is 0.340 e. The molecule has 4 nitrogen and oxygen atoms in total. The number of benzene rings is 2. The van der Waals surface area contributed by atoms with Crippen LogP contribution in [-0.4, -0.2) is 15.0 Å². The third kappa shape index (κ3) is 4.34. The second kappa shape index (κ2) is 7.77. The summed E-state index contributed by atoms with van der Waals surface area (Å²) in [6.07, 6.45) is -9.39. The molecule has 0 aliphatic heterocycles. The summed E-state index contributed by atoms with van der Waals surface area (Å²) in [6.45, 7) is 1.46. The van der Waals surface area contributed by atoms with Gasteiger partial charge < -0.3 is 5.32 Å². The highest BCUT2D eigenvalue weighted by Crippen LogP contribution is 2.40. The summed E-state index contributed by atoms with van der Waals surface area (Å²) in [5.41, 5.74) is -1.76. The standard InChI is InChI=1S/C22H14F6N4/c1-12-29-19(31-15-9-5-8-14(10-15)21(23,24)25)18-16(22(26,27)28)11-17(32-20(18)30-12)13-6-3-2-4-7-13/h2-11H,1H3,(H,29,30,31,32). The van der Waals surface area contributed by atoms with Crippen molar-refractivity contribution in [3.05, 3.63) is 77.6 Å². The summed E-state index contributed by atoms with van der Waals surface area (Å²) in [5, 5.41) is 2.15. The first kappa shape index (κ1) is 21.5. The molecule has 2 aromatic heterocycles. The van der Waals surface area contributed by atoms with Crippen molar-refractivity contribution in [2.45, 2.75) is 19.3 Å². The molecule has 0 unspecified atom stereocenters. The van der Waals surface area contributed by atoms with E-state index >= 15 is 0 Å². The molecule has 0 fully saturated rings. The predicted octanol–water partition coefficient (Wildman–Crippen LogP) is 6.78. The quantitative estimate of drug-likeness (QED) is 0.351. The normalized spacial score (nSPS) is 12.2. The van der Waals surface area contributed by atoms with Crippen molar-refractivity contribution in [1.82, 2.24) is 15.0 Å². The van der Waals surface area contributed by atoms with E-state index in [1.54, 1.807) is 30.3 Å². The lowest BCUT2D eigenvalue weighted by atomic mass is 10.1. The topological polar surface area (TPSA) is 50.7 Å². The van der Waals surface area contributed by atoms with Gasteiger partial charge in [0, 0.05) is 11.3 Å². The second-order valence-electron chi connectivity index (χ2n) is 6.94. The van der Waals surface area contributed by atoms with Crippen LogP contribution in [0.2, 0.25) is 0 Å². The monoisotopic (exact) mass is 448 g/mol. The van der Waals surface area contributed by atoms with Gasteiger partial charge in [0.05, 0.1) is 22.2 Å². The first-order valence-electron chi connectivity index (χ1n) is 9.28. The molecule has 0 amide bonds. The molecule has 0 aliphatic rings. The van der Waals surface area contributed by atoms with Gasteiger partial charge in [0.1, 0.15) is 11.6 Å². The van der Waals surface area contributed by atoms with Crippen molar-refractivity contribution in [3.63, 3.8) is 0 Å². The van der Waals surface area contributed by atoms with Crippen molar-refractivity contribution in [2.75, 3.05) is 5.32 Å². The lowest BCUT2D eigenvalue weighted by Crippen LogP contribution is -2.11. The molecule has 4 rings (SSSR count). The maximum Gasteiger partial charge on any atom is 0.417 e. The second-order valence-corrected chi connectivity index (χ2v) is 6.94. The van der Waals surface area contributed by atoms with Crippen molar-refractivity contribution < 1.29 is 26.3 Å². The van der Waals surface area contributed by atoms with Crippen LogP contribution in [0.25, 0.3) is 22.3 Å². The van der Waals surface area contributed by atoms with Crippen LogP contribution in [0.5, 0.6) is 0 Å². The first-order valence-corrected chi connectivity index (χ1v) is 9.28. The van der Waals surface area contributed by atoms with Gasteiger partial charge in [-0.15, -0.1) is 0 Å². The van der Waals surface area contributed by atoms with Crippen LogP contribution in [0.1, 0.15) is 17.0 Å². The summed E-state index contributed by atoms with van der Waals surface area (Å²) in [5.74, 6) is -0.177. The van der Waals surface area contributed by atoms with Gasteiger partial charge >= 0.3 is 12.4 Å². The Morgan fingerprint density at radius 2 is 1.47 bits per heavy atom. The molecular formula is C22H14F6N4. The van der Waals surface area contributed by atoms with E-state index in [2.05, 4.69) is 20.3 Å². The number of nitrogens with zero attached hydrogens (tertiary/aromatic N) is 3. The molecule has 0 bridgehead atoms. The molecule has 0 spiro atoms. The first-order chi connectivity index (χ1) is 15.0. The highest BCUT2D eigenvalue weighted by Gasteiger charge is 2.36. The van der Waals surface area contributed by atoms with E-state index in [4.69, 9.17) is 0 Å². The minimum Gasteiger partial charge on any atom is -0.340 e. The lowest BCUT2D eigenvalue weighted by molar-refractivity contribution is -0.137. The minimum atomic E-state index is -4.78.